The third kappa shape index (κ3) is 5.23. The quantitative estimate of drug-likeness (QED) is 0.718. The SMILES string of the molecule is C=CCS(=O)(=O)CC(=O)NCc1ccc(C(=O)O)cc1. The van der Waals surface area contributed by atoms with Crippen LogP contribution in [0.15, 0.2) is 36.9 Å². The molecule has 2 N–H and O–H groups in total. The van der Waals surface area contributed by atoms with Crippen LogP contribution >= 0.6 is 0 Å². The van der Waals surface area contributed by atoms with E-state index in [1.807, 2.05) is 0 Å². The lowest BCUT2D eigenvalue weighted by molar-refractivity contribution is -0.118. The molecule has 0 heterocycles. The van der Waals surface area contributed by atoms with Crippen molar-refractivity contribution in [1.29, 1.82) is 0 Å². The van der Waals surface area contributed by atoms with Gasteiger partial charge in [0.2, 0.25) is 5.91 Å². The Morgan fingerprint density at radius 1 is 1.25 bits per heavy atom. The number of amides is 1. The van der Waals surface area contributed by atoms with Crippen molar-refractivity contribution >= 4 is 21.7 Å². The summed E-state index contributed by atoms with van der Waals surface area (Å²) >= 11 is 0. The number of aromatic carboxylic acids is 1. The van der Waals surface area contributed by atoms with Gasteiger partial charge in [-0.3, -0.25) is 4.79 Å². The third-order valence-corrected chi connectivity index (χ3v) is 3.86. The van der Waals surface area contributed by atoms with E-state index in [1.54, 1.807) is 12.1 Å². The summed E-state index contributed by atoms with van der Waals surface area (Å²) in [5.41, 5.74) is 0.832. The van der Waals surface area contributed by atoms with Gasteiger partial charge in [0.05, 0.1) is 11.3 Å². The maximum absolute atomic E-state index is 11.5. The van der Waals surface area contributed by atoms with Gasteiger partial charge < -0.3 is 10.4 Å². The second-order valence-electron chi connectivity index (χ2n) is 4.12. The lowest BCUT2D eigenvalue weighted by atomic mass is 10.1. The third-order valence-electron chi connectivity index (χ3n) is 2.41. The molecular formula is C13H15NO5S. The topological polar surface area (TPSA) is 101 Å². The molecule has 0 bridgehead atoms. The van der Waals surface area contributed by atoms with Crippen LogP contribution in [0.1, 0.15) is 15.9 Å². The lowest BCUT2D eigenvalue weighted by Gasteiger charge is -2.06. The Hall–Kier alpha value is -2.15. The van der Waals surface area contributed by atoms with Crippen molar-refractivity contribution < 1.29 is 23.1 Å². The van der Waals surface area contributed by atoms with Gasteiger partial charge in [0.15, 0.2) is 9.84 Å². The van der Waals surface area contributed by atoms with Gasteiger partial charge in [-0.05, 0) is 17.7 Å². The normalized spacial score (nSPS) is 10.8. The molecule has 0 saturated heterocycles. The number of carbonyl (C=O) groups is 2. The molecule has 0 spiro atoms. The molecule has 0 unspecified atom stereocenters. The van der Waals surface area contributed by atoms with Crippen molar-refractivity contribution in [3.8, 4) is 0 Å². The molecule has 0 aliphatic heterocycles. The van der Waals surface area contributed by atoms with E-state index in [0.717, 1.165) is 0 Å². The lowest BCUT2D eigenvalue weighted by Crippen LogP contribution is -2.30. The highest BCUT2D eigenvalue weighted by atomic mass is 32.2. The maximum atomic E-state index is 11.5. The minimum Gasteiger partial charge on any atom is -0.478 e. The Balaban J connectivity index is 2.53. The van der Waals surface area contributed by atoms with Crippen LogP contribution in [0.2, 0.25) is 0 Å². The largest absolute Gasteiger partial charge is 0.478 e. The van der Waals surface area contributed by atoms with Crippen LogP contribution in [0.3, 0.4) is 0 Å². The van der Waals surface area contributed by atoms with Crippen molar-refractivity contribution in [2.75, 3.05) is 11.5 Å². The Bertz CT molecular complexity index is 604. The maximum Gasteiger partial charge on any atom is 0.335 e. The minimum absolute atomic E-state index is 0.141. The van der Waals surface area contributed by atoms with Gasteiger partial charge in [-0.25, -0.2) is 13.2 Å². The van der Waals surface area contributed by atoms with Gasteiger partial charge in [0.25, 0.3) is 0 Å². The van der Waals surface area contributed by atoms with Crippen LogP contribution in [0.25, 0.3) is 0 Å². The molecule has 6 nitrogen and oxygen atoms in total. The van der Waals surface area contributed by atoms with Gasteiger partial charge in [-0.2, -0.15) is 0 Å². The zero-order chi connectivity index (χ0) is 15.2. The molecule has 0 atom stereocenters. The van der Waals surface area contributed by atoms with Gasteiger partial charge in [-0.15, -0.1) is 6.58 Å². The molecule has 1 amide bonds. The summed E-state index contributed by atoms with van der Waals surface area (Å²) < 4.78 is 22.7. The van der Waals surface area contributed by atoms with E-state index < -0.39 is 27.5 Å². The number of sulfone groups is 1. The summed E-state index contributed by atoms with van der Waals surface area (Å²) in [4.78, 5) is 22.1. The first-order valence-electron chi connectivity index (χ1n) is 5.74. The van der Waals surface area contributed by atoms with Gasteiger partial charge in [-0.1, -0.05) is 18.2 Å². The highest BCUT2D eigenvalue weighted by molar-refractivity contribution is 7.92. The van der Waals surface area contributed by atoms with Crippen LogP contribution in [0, 0.1) is 0 Å². The first-order valence-corrected chi connectivity index (χ1v) is 7.56. The van der Waals surface area contributed by atoms with Crippen LogP contribution < -0.4 is 5.32 Å². The number of hydrogen-bond acceptors (Lipinski definition) is 4. The first-order chi connectivity index (χ1) is 9.34. The monoisotopic (exact) mass is 297 g/mol. The molecule has 1 aromatic rings. The zero-order valence-corrected chi connectivity index (χ0v) is 11.5. The number of benzene rings is 1. The molecule has 20 heavy (non-hydrogen) atoms. The predicted molar refractivity (Wildman–Crippen MR) is 74.1 cm³/mol. The Morgan fingerprint density at radius 2 is 1.85 bits per heavy atom. The van der Waals surface area contributed by atoms with Gasteiger partial charge in [0.1, 0.15) is 5.75 Å². The molecule has 0 radical (unpaired) electrons. The van der Waals surface area contributed by atoms with E-state index in [9.17, 15) is 18.0 Å². The predicted octanol–water partition coefficient (Wildman–Crippen LogP) is 0.602. The Labute approximate surface area is 117 Å². The highest BCUT2D eigenvalue weighted by Crippen LogP contribution is 2.04. The number of carboxylic acid groups (broad SMARTS) is 1. The summed E-state index contributed by atoms with van der Waals surface area (Å²) in [6.07, 6.45) is 1.23. The molecule has 0 aliphatic rings. The van der Waals surface area contributed by atoms with Crippen molar-refractivity contribution in [1.82, 2.24) is 5.32 Å². The summed E-state index contributed by atoms with van der Waals surface area (Å²) in [6.45, 7) is 3.45. The fourth-order valence-corrected chi connectivity index (χ4v) is 2.43. The standard InChI is InChI=1S/C13H15NO5S/c1-2-7-20(18,19)9-12(15)14-8-10-3-5-11(6-4-10)13(16)17/h2-6H,1,7-9H2,(H,14,15)(H,16,17). The number of rotatable bonds is 7. The highest BCUT2D eigenvalue weighted by Gasteiger charge is 2.14. The van der Waals surface area contributed by atoms with Crippen molar-refractivity contribution in [3.63, 3.8) is 0 Å². The number of hydrogen-bond donors (Lipinski definition) is 2. The van der Waals surface area contributed by atoms with Crippen molar-refractivity contribution in [3.05, 3.63) is 48.0 Å². The smallest absolute Gasteiger partial charge is 0.335 e. The van der Waals surface area contributed by atoms with Crippen LogP contribution in [-0.4, -0.2) is 36.9 Å². The zero-order valence-electron chi connectivity index (χ0n) is 10.7. The molecule has 0 aromatic heterocycles. The fraction of sp³-hybridized carbons (Fsp3) is 0.231. The van der Waals surface area contributed by atoms with Crippen molar-refractivity contribution in [2.24, 2.45) is 0 Å². The fourth-order valence-electron chi connectivity index (χ4n) is 1.46. The summed E-state index contributed by atoms with van der Waals surface area (Å²) in [7, 11) is -3.46. The summed E-state index contributed by atoms with van der Waals surface area (Å²) in [5.74, 6) is -2.47. The number of carboxylic acids is 1. The Morgan fingerprint density at radius 3 is 2.35 bits per heavy atom. The van der Waals surface area contributed by atoms with E-state index in [2.05, 4.69) is 11.9 Å². The molecule has 1 aromatic carbocycles. The number of carbonyl (C=O) groups excluding carboxylic acids is 1. The Kier molecular flexibility index (Phi) is 5.45. The van der Waals surface area contributed by atoms with E-state index in [-0.39, 0.29) is 17.9 Å². The molecule has 108 valence electrons. The molecule has 0 aliphatic carbocycles. The summed E-state index contributed by atoms with van der Waals surface area (Å²) in [6, 6.07) is 5.94. The molecule has 0 saturated carbocycles. The first kappa shape index (κ1) is 15.9. The van der Waals surface area contributed by atoms with Crippen LogP contribution in [-0.2, 0) is 21.2 Å². The van der Waals surface area contributed by atoms with E-state index in [4.69, 9.17) is 5.11 Å². The molecule has 0 fully saturated rings. The molecule has 1 rings (SSSR count). The van der Waals surface area contributed by atoms with E-state index >= 15 is 0 Å². The molecular weight excluding hydrogens is 282 g/mol. The van der Waals surface area contributed by atoms with Gasteiger partial charge in [0, 0.05) is 6.54 Å². The summed E-state index contributed by atoms with van der Waals surface area (Å²) in [5, 5.41) is 11.2. The second kappa shape index (κ2) is 6.85. The number of nitrogens with one attached hydrogen (secondary N) is 1. The second-order valence-corrected chi connectivity index (χ2v) is 6.23. The average molecular weight is 297 g/mol. The van der Waals surface area contributed by atoms with Gasteiger partial charge >= 0.3 is 5.97 Å². The molecule has 7 heteroatoms. The average Bonchev–Trinajstić information content (AvgIpc) is 2.36. The van der Waals surface area contributed by atoms with E-state index in [1.165, 1.54) is 18.2 Å². The van der Waals surface area contributed by atoms with E-state index in [0.29, 0.717) is 5.56 Å². The van der Waals surface area contributed by atoms with Crippen LogP contribution in [0.4, 0.5) is 0 Å². The van der Waals surface area contributed by atoms with Crippen LogP contribution in [0.5, 0.6) is 0 Å². The minimum atomic E-state index is -3.46. The van der Waals surface area contributed by atoms with Crippen molar-refractivity contribution in [2.45, 2.75) is 6.54 Å².